The van der Waals surface area contributed by atoms with Gasteiger partial charge in [-0.3, -0.25) is 15.2 Å². The lowest BCUT2D eigenvalue weighted by molar-refractivity contribution is 0.102. The van der Waals surface area contributed by atoms with Gasteiger partial charge in [-0.15, -0.1) is 5.10 Å². The van der Waals surface area contributed by atoms with E-state index >= 15 is 0 Å². The molecule has 0 unspecified atom stereocenters. The number of hydrogen-bond acceptors (Lipinski definition) is 4. The summed E-state index contributed by atoms with van der Waals surface area (Å²) in [5.74, 6) is 0.435. The third kappa shape index (κ3) is 2.62. The molecular weight excluding hydrogens is 288 g/mol. The van der Waals surface area contributed by atoms with E-state index in [0.717, 1.165) is 0 Å². The minimum absolute atomic E-state index is 0.00353. The van der Waals surface area contributed by atoms with E-state index in [4.69, 9.17) is 0 Å². The number of aromatic nitrogens is 3. The van der Waals surface area contributed by atoms with Crippen LogP contribution in [0.2, 0.25) is 0 Å². The van der Waals surface area contributed by atoms with Gasteiger partial charge in [0, 0.05) is 5.56 Å². The van der Waals surface area contributed by atoms with Crippen molar-refractivity contribution in [2.45, 2.75) is 6.92 Å². The molecule has 1 aromatic carbocycles. The first-order chi connectivity index (χ1) is 8.06. The molecule has 2 aromatic rings. The molecule has 0 aliphatic heterocycles. The summed E-state index contributed by atoms with van der Waals surface area (Å²) >= 11 is 3.14. The number of amides is 1. The van der Waals surface area contributed by atoms with E-state index in [-0.39, 0.29) is 17.6 Å². The van der Waals surface area contributed by atoms with Gasteiger partial charge in [-0.2, -0.15) is 4.98 Å². The molecular formula is C10H9BrN4O2. The summed E-state index contributed by atoms with van der Waals surface area (Å²) in [4.78, 5) is 15.7. The fourth-order valence-corrected chi connectivity index (χ4v) is 1.47. The van der Waals surface area contributed by atoms with Gasteiger partial charge in [-0.25, -0.2) is 0 Å². The maximum absolute atomic E-state index is 11.8. The number of benzene rings is 1. The SMILES string of the molecule is Cc1nc(NC(=O)c2ccc(Br)c(O)c2)n[nH]1. The van der Waals surface area contributed by atoms with Gasteiger partial charge in [0.05, 0.1) is 4.47 Å². The Kier molecular flexibility index (Phi) is 3.10. The molecule has 0 saturated carbocycles. The van der Waals surface area contributed by atoms with Crippen LogP contribution in [0.3, 0.4) is 0 Å². The predicted molar refractivity (Wildman–Crippen MR) is 64.9 cm³/mol. The minimum atomic E-state index is -0.383. The van der Waals surface area contributed by atoms with Crippen LogP contribution < -0.4 is 5.32 Å². The summed E-state index contributed by atoms with van der Waals surface area (Å²) in [6.45, 7) is 1.73. The number of nitrogens with one attached hydrogen (secondary N) is 2. The van der Waals surface area contributed by atoms with E-state index in [2.05, 4.69) is 36.4 Å². The number of phenols is 1. The number of H-pyrrole nitrogens is 1. The van der Waals surface area contributed by atoms with Gasteiger partial charge in [-0.1, -0.05) is 0 Å². The molecule has 6 nitrogen and oxygen atoms in total. The van der Waals surface area contributed by atoms with Crippen molar-refractivity contribution in [1.29, 1.82) is 0 Å². The Morgan fingerprint density at radius 2 is 2.29 bits per heavy atom. The van der Waals surface area contributed by atoms with E-state index in [1.54, 1.807) is 19.1 Å². The summed E-state index contributed by atoms with van der Waals surface area (Å²) in [7, 11) is 0. The fraction of sp³-hybridized carbons (Fsp3) is 0.100. The number of carbonyl (C=O) groups is 1. The molecule has 0 aliphatic carbocycles. The molecule has 1 amide bonds. The first-order valence-corrected chi connectivity index (χ1v) is 5.54. The van der Waals surface area contributed by atoms with Gasteiger partial charge in [0.2, 0.25) is 5.95 Å². The second-order valence-corrected chi connectivity index (χ2v) is 4.22. The molecule has 1 heterocycles. The van der Waals surface area contributed by atoms with Crippen LogP contribution in [0.5, 0.6) is 5.75 Å². The monoisotopic (exact) mass is 296 g/mol. The summed E-state index contributed by atoms with van der Waals surface area (Å²) < 4.78 is 0.530. The molecule has 0 bridgehead atoms. The second-order valence-electron chi connectivity index (χ2n) is 3.36. The van der Waals surface area contributed by atoms with Crippen LogP contribution in [0.25, 0.3) is 0 Å². The highest BCUT2D eigenvalue weighted by molar-refractivity contribution is 9.10. The summed E-state index contributed by atoms with van der Waals surface area (Å²) in [5, 5.41) is 18.4. The summed E-state index contributed by atoms with van der Waals surface area (Å²) in [6.07, 6.45) is 0. The Bertz CT molecular complexity index is 567. The molecule has 1 aromatic heterocycles. The summed E-state index contributed by atoms with van der Waals surface area (Å²) in [6, 6.07) is 4.53. The minimum Gasteiger partial charge on any atom is -0.507 e. The number of nitrogens with zero attached hydrogens (tertiary/aromatic N) is 2. The smallest absolute Gasteiger partial charge is 0.258 e. The topological polar surface area (TPSA) is 90.9 Å². The quantitative estimate of drug-likeness (QED) is 0.788. The molecule has 3 N–H and O–H groups in total. The highest BCUT2D eigenvalue weighted by atomic mass is 79.9. The molecule has 88 valence electrons. The number of aryl methyl sites for hydroxylation is 1. The van der Waals surface area contributed by atoms with Crippen LogP contribution in [0.15, 0.2) is 22.7 Å². The molecule has 17 heavy (non-hydrogen) atoms. The molecule has 0 spiro atoms. The van der Waals surface area contributed by atoms with Gasteiger partial charge in [0.25, 0.3) is 5.91 Å². The van der Waals surface area contributed by atoms with Gasteiger partial charge in [0.15, 0.2) is 0 Å². The van der Waals surface area contributed by atoms with Crippen molar-refractivity contribution >= 4 is 27.8 Å². The van der Waals surface area contributed by atoms with E-state index < -0.39 is 0 Å². The average Bonchev–Trinajstić information content (AvgIpc) is 2.68. The van der Waals surface area contributed by atoms with Crippen LogP contribution in [0.4, 0.5) is 5.95 Å². The molecule has 2 rings (SSSR count). The zero-order chi connectivity index (χ0) is 12.4. The first-order valence-electron chi connectivity index (χ1n) is 4.75. The first kappa shape index (κ1) is 11.6. The van der Waals surface area contributed by atoms with Crippen LogP contribution in [0, 0.1) is 6.92 Å². The number of aromatic amines is 1. The summed E-state index contributed by atoms with van der Waals surface area (Å²) in [5.41, 5.74) is 0.327. The van der Waals surface area contributed by atoms with E-state index in [1.807, 2.05) is 0 Å². The van der Waals surface area contributed by atoms with E-state index in [1.165, 1.54) is 6.07 Å². The number of hydrogen-bond donors (Lipinski definition) is 3. The Morgan fingerprint density at radius 3 is 2.88 bits per heavy atom. The molecule has 0 aliphatic rings. The Balaban J connectivity index is 2.17. The lowest BCUT2D eigenvalue weighted by Gasteiger charge is -2.02. The highest BCUT2D eigenvalue weighted by Gasteiger charge is 2.10. The zero-order valence-corrected chi connectivity index (χ0v) is 10.4. The van der Waals surface area contributed by atoms with Gasteiger partial charge in [0.1, 0.15) is 11.6 Å². The van der Waals surface area contributed by atoms with E-state index in [0.29, 0.717) is 15.9 Å². The molecule has 7 heteroatoms. The van der Waals surface area contributed by atoms with Crippen molar-refractivity contribution < 1.29 is 9.90 Å². The number of carbonyl (C=O) groups excluding carboxylic acids is 1. The zero-order valence-electron chi connectivity index (χ0n) is 8.86. The lowest BCUT2D eigenvalue weighted by Crippen LogP contribution is -2.12. The van der Waals surface area contributed by atoms with Crippen molar-refractivity contribution in [3.05, 3.63) is 34.1 Å². The number of anilines is 1. The standard InChI is InChI=1S/C10H9BrN4O2/c1-5-12-10(15-14-5)13-9(17)6-2-3-7(11)8(16)4-6/h2-4,16H,1H3,(H2,12,13,14,15,17). The largest absolute Gasteiger partial charge is 0.507 e. The average molecular weight is 297 g/mol. The van der Waals surface area contributed by atoms with Gasteiger partial charge < -0.3 is 5.11 Å². The number of aromatic hydroxyl groups is 1. The maximum Gasteiger partial charge on any atom is 0.258 e. The Labute approximate surface area is 105 Å². The van der Waals surface area contributed by atoms with Crippen molar-refractivity contribution in [2.24, 2.45) is 0 Å². The molecule has 0 radical (unpaired) electrons. The highest BCUT2D eigenvalue weighted by Crippen LogP contribution is 2.24. The Hall–Kier alpha value is -1.89. The van der Waals surface area contributed by atoms with Crippen LogP contribution >= 0.6 is 15.9 Å². The Morgan fingerprint density at radius 1 is 1.53 bits per heavy atom. The normalized spacial score (nSPS) is 10.2. The van der Waals surface area contributed by atoms with Crippen LogP contribution in [0.1, 0.15) is 16.2 Å². The molecule has 0 saturated heterocycles. The molecule has 0 atom stereocenters. The van der Waals surface area contributed by atoms with Crippen LogP contribution in [-0.2, 0) is 0 Å². The second kappa shape index (κ2) is 4.54. The predicted octanol–water partition coefficient (Wildman–Crippen LogP) is 1.83. The lowest BCUT2D eigenvalue weighted by atomic mass is 10.2. The van der Waals surface area contributed by atoms with Crippen molar-refractivity contribution in [2.75, 3.05) is 5.32 Å². The number of halogens is 1. The van der Waals surface area contributed by atoms with E-state index in [9.17, 15) is 9.90 Å². The van der Waals surface area contributed by atoms with Crippen LogP contribution in [-0.4, -0.2) is 26.2 Å². The third-order valence-corrected chi connectivity index (χ3v) is 2.70. The van der Waals surface area contributed by atoms with Crippen molar-refractivity contribution in [3.63, 3.8) is 0 Å². The third-order valence-electron chi connectivity index (χ3n) is 2.03. The number of phenolic OH excluding ortho intramolecular Hbond substituents is 1. The maximum atomic E-state index is 11.8. The number of rotatable bonds is 2. The van der Waals surface area contributed by atoms with Crippen molar-refractivity contribution in [1.82, 2.24) is 15.2 Å². The fourth-order valence-electron chi connectivity index (χ4n) is 1.23. The molecule has 0 fully saturated rings. The van der Waals surface area contributed by atoms with Gasteiger partial charge in [-0.05, 0) is 41.1 Å². The van der Waals surface area contributed by atoms with Crippen molar-refractivity contribution in [3.8, 4) is 5.75 Å². The van der Waals surface area contributed by atoms with Gasteiger partial charge >= 0.3 is 0 Å².